The standard InChI is InChI=1S/C16H27N3O2/c1-3-9-19(12-15(20)21)11-14-10-18(2)17-16(14)13-7-5-4-6-8-13/h10,13H,3-9,11-12H2,1-2H3,(H,20,21). The van der Waals surface area contributed by atoms with Gasteiger partial charge in [0, 0.05) is 31.3 Å². The zero-order chi connectivity index (χ0) is 15.2. The quantitative estimate of drug-likeness (QED) is 0.840. The second-order valence-corrected chi connectivity index (χ2v) is 6.15. The second-order valence-electron chi connectivity index (χ2n) is 6.15. The summed E-state index contributed by atoms with van der Waals surface area (Å²) in [6.07, 6.45) is 9.37. The molecule has 5 heteroatoms. The van der Waals surface area contributed by atoms with Crippen LogP contribution in [0.15, 0.2) is 6.20 Å². The lowest BCUT2D eigenvalue weighted by Crippen LogP contribution is -2.30. The third-order valence-corrected chi connectivity index (χ3v) is 4.22. The molecule has 1 aliphatic rings. The van der Waals surface area contributed by atoms with Gasteiger partial charge in [-0.15, -0.1) is 0 Å². The van der Waals surface area contributed by atoms with Crippen molar-refractivity contribution in [2.24, 2.45) is 7.05 Å². The molecular formula is C16H27N3O2. The van der Waals surface area contributed by atoms with Crippen molar-refractivity contribution in [1.82, 2.24) is 14.7 Å². The van der Waals surface area contributed by atoms with E-state index in [1.54, 1.807) is 0 Å². The van der Waals surface area contributed by atoms with Crippen LogP contribution in [-0.4, -0.2) is 38.8 Å². The first-order chi connectivity index (χ1) is 10.1. The molecular weight excluding hydrogens is 266 g/mol. The molecule has 1 saturated carbocycles. The Morgan fingerprint density at radius 1 is 1.43 bits per heavy atom. The smallest absolute Gasteiger partial charge is 0.317 e. The van der Waals surface area contributed by atoms with Crippen LogP contribution in [0.3, 0.4) is 0 Å². The number of nitrogens with zero attached hydrogens (tertiary/aromatic N) is 3. The summed E-state index contributed by atoms with van der Waals surface area (Å²) in [5, 5.41) is 13.7. The van der Waals surface area contributed by atoms with Crippen LogP contribution in [0.25, 0.3) is 0 Å². The van der Waals surface area contributed by atoms with Gasteiger partial charge in [-0.3, -0.25) is 14.4 Å². The first-order valence-corrected chi connectivity index (χ1v) is 8.06. The van der Waals surface area contributed by atoms with Crippen LogP contribution in [0, 0.1) is 0 Å². The summed E-state index contributed by atoms with van der Waals surface area (Å²) in [5.41, 5.74) is 2.41. The largest absolute Gasteiger partial charge is 0.480 e. The van der Waals surface area contributed by atoms with E-state index >= 15 is 0 Å². The average molecular weight is 293 g/mol. The summed E-state index contributed by atoms with van der Waals surface area (Å²) in [5.74, 6) is -0.199. The molecule has 21 heavy (non-hydrogen) atoms. The van der Waals surface area contributed by atoms with E-state index in [1.165, 1.54) is 43.4 Å². The van der Waals surface area contributed by atoms with Crippen molar-refractivity contribution in [1.29, 1.82) is 0 Å². The number of carboxylic acids is 1. The summed E-state index contributed by atoms with van der Waals surface area (Å²) in [7, 11) is 1.96. The lowest BCUT2D eigenvalue weighted by atomic mass is 9.85. The minimum atomic E-state index is -0.758. The minimum Gasteiger partial charge on any atom is -0.480 e. The number of carboxylic acid groups (broad SMARTS) is 1. The third-order valence-electron chi connectivity index (χ3n) is 4.22. The molecule has 0 aromatic carbocycles. The fraction of sp³-hybridized carbons (Fsp3) is 0.750. The number of rotatable bonds is 7. The molecule has 5 nitrogen and oxygen atoms in total. The molecule has 1 aliphatic carbocycles. The van der Waals surface area contributed by atoms with E-state index in [0.29, 0.717) is 12.5 Å². The van der Waals surface area contributed by atoms with Crippen molar-refractivity contribution in [3.8, 4) is 0 Å². The Kier molecular flexibility index (Phi) is 5.79. The predicted octanol–water partition coefficient (Wildman–Crippen LogP) is 2.76. The molecule has 0 aliphatic heterocycles. The second kappa shape index (κ2) is 7.59. The van der Waals surface area contributed by atoms with Crippen LogP contribution in [0.4, 0.5) is 0 Å². The highest BCUT2D eigenvalue weighted by Crippen LogP contribution is 2.33. The Balaban J connectivity index is 2.11. The summed E-state index contributed by atoms with van der Waals surface area (Å²) in [6.45, 7) is 3.69. The molecule has 2 rings (SSSR count). The van der Waals surface area contributed by atoms with Crippen molar-refractivity contribution in [3.05, 3.63) is 17.5 Å². The molecule has 1 heterocycles. The van der Waals surface area contributed by atoms with Crippen LogP contribution in [0.1, 0.15) is 62.6 Å². The van der Waals surface area contributed by atoms with E-state index in [2.05, 4.69) is 18.2 Å². The zero-order valence-corrected chi connectivity index (χ0v) is 13.2. The Labute approximate surface area is 126 Å². The summed E-state index contributed by atoms with van der Waals surface area (Å²) < 4.78 is 1.88. The lowest BCUT2D eigenvalue weighted by molar-refractivity contribution is -0.138. The molecule has 0 spiro atoms. The Morgan fingerprint density at radius 3 is 2.76 bits per heavy atom. The maximum atomic E-state index is 11.0. The van der Waals surface area contributed by atoms with Gasteiger partial charge in [0.2, 0.25) is 0 Å². The molecule has 0 unspecified atom stereocenters. The molecule has 0 saturated heterocycles. The van der Waals surface area contributed by atoms with Crippen LogP contribution in [0.5, 0.6) is 0 Å². The fourth-order valence-electron chi connectivity index (χ4n) is 3.36. The van der Waals surface area contributed by atoms with E-state index in [4.69, 9.17) is 5.11 Å². The number of aryl methyl sites for hydroxylation is 1. The number of hydrogen-bond acceptors (Lipinski definition) is 3. The van der Waals surface area contributed by atoms with E-state index in [1.807, 2.05) is 16.6 Å². The van der Waals surface area contributed by atoms with Gasteiger partial charge in [0.1, 0.15) is 0 Å². The molecule has 0 amide bonds. The number of aliphatic carboxylic acids is 1. The van der Waals surface area contributed by atoms with Gasteiger partial charge in [-0.1, -0.05) is 26.2 Å². The maximum Gasteiger partial charge on any atom is 0.317 e. The van der Waals surface area contributed by atoms with Gasteiger partial charge in [0.05, 0.1) is 12.2 Å². The molecule has 0 radical (unpaired) electrons. The van der Waals surface area contributed by atoms with Crippen molar-refractivity contribution >= 4 is 5.97 Å². The van der Waals surface area contributed by atoms with Crippen molar-refractivity contribution in [2.45, 2.75) is 57.9 Å². The topological polar surface area (TPSA) is 58.4 Å². The molecule has 1 N–H and O–H groups in total. The monoisotopic (exact) mass is 293 g/mol. The first-order valence-electron chi connectivity index (χ1n) is 8.06. The predicted molar refractivity (Wildman–Crippen MR) is 82.2 cm³/mol. The van der Waals surface area contributed by atoms with Gasteiger partial charge in [-0.05, 0) is 25.8 Å². The van der Waals surface area contributed by atoms with Gasteiger partial charge >= 0.3 is 5.97 Å². The Hall–Kier alpha value is -1.36. The number of hydrogen-bond donors (Lipinski definition) is 1. The van der Waals surface area contributed by atoms with E-state index in [-0.39, 0.29) is 6.54 Å². The van der Waals surface area contributed by atoms with E-state index < -0.39 is 5.97 Å². The van der Waals surface area contributed by atoms with Gasteiger partial charge in [-0.2, -0.15) is 5.10 Å². The van der Waals surface area contributed by atoms with Gasteiger partial charge in [0.15, 0.2) is 0 Å². The molecule has 1 aromatic heterocycles. The molecule has 1 fully saturated rings. The lowest BCUT2D eigenvalue weighted by Gasteiger charge is -2.23. The Morgan fingerprint density at radius 2 is 2.14 bits per heavy atom. The molecule has 0 atom stereocenters. The SMILES string of the molecule is CCCN(CC(=O)O)Cc1cn(C)nc1C1CCCCC1. The Bertz CT molecular complexity index is 464. The van der Waals surface area contributed by atoms with Crippen LogP contribution in [0.2, 0.25) is 0 Å². The summed E-state index contributed by atoms with van der Waals surface area (Å²) in [4.78, 5) is 13.0. The van der Waals surface area contributed by atoms with Crippen LogP contribution < -0.4 is 0 Å². The first kappa shape index (κ1) is 16.0. The third kappa shape index (κ3) is 4.56. The van der Waals surface area contributed by atoms with Crippen molar-refractivity contribution in [3.63, 3.8) is 0 Å². The van der Waals surface area contributed by atoms with Crippen molar-refractivity contribution < 1.29 is 9.90 Å². The summed E-state index contributed by atoms with van der Waals surface area (Å²) in [6, 6.07) is 0. The minimum absolute atomic E-state index is 0.104. The van der Waals surface area contributed by atoms with Gasteiger partial charge < -0.3 is 5.11 Å². The molecule has 0 bridgehead atoms. The fourth-order valence-corrected chi connectivity index (χ4v) is 3.36. The maximum absolute atomic E-state index is 11.0. The highest BCUT2D eigenvalue weighted by Gasteiger charge is 2.23. The normalized spacial score (nSPS) is 16.5. The molecule has 118 valence electrons. The number of aromatic nitrogens is 2. The van der Waals surface area contributed by atoms with Gasteiger partial charge in [0.25, 0.3) is 0 Å². The highest BCUT2D eigenvalue weighted by molar-refractivity contribution is 5.69. The molecule has 1 aromatic rings. The highest BCUT2D eigenvalue weighted by atomic mass is 16.4. The van der Waals surface area contributed by atoms with Crippen LogP contribution in [-0.2, 0) is 18.4 Å². The zero-order valence-electron chi connectivity index (χ0n) is 13.2. The van der Waals surface area contributed by atoms with E-state index in [0.717, 1.165) is 13.0 Å². The van der Waals surface area contributed by atoms with Crippen molar-refractivity contribution in [2.75, 3.05) is 13.1 Å². The summed E-state index contributed by atoms with van der Waals surface area (Å²) >= 11 is 0. The van der Waals surface area contributed by atoms with E-state index in [9.17, 15) is 4.79 Å². The van der Waals surface area contributed by atoms with Gasteiger partial charge in [-0.25, -0.2) is 0 Å². The number of carbonyl (C=O) groups is 1. The van der Waals surface area contributed by atoms with Crippen LogP contribution >= 0.6 is 0 Å². The average Bonchev–Trinajstić information content (AvgIpc) is 2.80.